The minimum Gasteiger partial charge on any atom is -0.229 e. The third-order valence-corrected chi connectivity index (χ3v) is 2.64. The lowest BCUT2D eigenvalue weighted by Gasteiger charge is -1.89. The highest BCUT2D eigenvalue weighted by atomic mass is 32.2. The fourth-order valence-corrected chi connectivity index (χ4v) is 0.612. The third kappa shape index (κ3) is 17.7. The van der Waals surface area contributed by atoms with Gasteiger partial charge in [0.05, 0.1) is 0 Å². The minimum atomic E-state index is -3.11. The van der Waals surface area contributed by atoms with Gasteiger partial charge in [-0.25, -0.2) is 8.42 Å². The Morgan fingerprint density at radius 1 is 1.00 bits per heavy atom. The molecule has 0 bridgehead atoms. The molecule has 0 heterocycles. The van der Waals surface area contributed by atoms with Crippen molar-refractivity contribution in [1.29, 1.82) is 0 Å². The number of sulfone groups is 1. The summed E-state index contributed by atoms with van der Waals surface area (Å²) in [5, 5.41) is 0. The molecule has 0 aromatic rings. The summed E-state index contributed by atoms with van der Waals surface area (Å²) in [6.45, 7) is 3.30. The van der Waals surface area contributed by atoms with E-state index in [0.717, 1.165) is 0 Å². The molecule has 0 N–H and O–H groups in total. The van der Waals surface area contributed by atoms with Crippen molar-refractivity contribution in [3.05, 3.63) is 0 Å². The molecule has 0 aromatic carbocycles. The van der Waals surface area contributed by atoms with Gasteiger partial charge in [0, 0.05) is 11.5 Å². The van der Waals surface area contributed by atoms with Crippen LogP contribution in [0, 0.1) is 0 Å². The maximum atomic E-state index is 10.4. The summed E-state index contributed by atoms with van der Waals surface area (Å²) in [4.78, 5) is 0. The topological polar surface area (TPSA) is 85.3 Å². The molecule has 11 heavy (non-hydrogen) atoms. The summed E-state index contributed by atoms with van der Waals surface area (Å²) < 4.78 is 46.1. The predicted octanol–water partition coefficient (Wildman–Crippen LogP) is -0.563. The zero-order valence-electron chi connectivity index (χ0n) is 6.27. The Bertz CT molecular complexity index is 253. The van der Waals surface area contributed by atoms with Gasteiger partial charge in [0.15, 0.2) is 0 Å². The lowest BCUT2D eigenvalue weighted by molar-refractivity contribution is 0.559. The van der Waals surface area contributed by atoms with Gasteiger partial charge in [-0.3, -0.25) is 0 Å². The average molecular weight is 202 g/mol. The summed E-state index contributed by atoms with van der Waals surface area (Å²) >= 11 is 0. The van der Waals surface area contributed by atoms with Gasteiger partial charge >= 0.3 is 10.6 Å². The van der Waals surface area contributed by atoms with Gasteiger partial charge in [0.2, 0.25) is 0 Å². The molecule has 0 unspecified atom stereocenters. The van der Waals surface area contributed by atoms with Crippen LogP contribution in [-0.4, -0.2) is 32.6 Å². The standard InChI is InChI=1S/C4H10O2S.O3S/c1-3-7(5,6)4-2;1-4(2)3/h3-4H2,1-2H3;. The fraction of sp³-hybridized carbons (Fsp3) is 1.00. The number of hydrogen-bond donors (Lipinski definition) is 0. The minimum absolute atomic E-state index is 0.267. The van der Waals surface area contributed by atoms with Crippen LogP contribution >= 0.6 is 0 Å². The monoisotopic (exact) mass is 202 g/mol. The van der Waals surface area contributed by atoms with Crippen molar-refractivity contribution in [3.63, 3.8) is 0 Å². The summed E-state index contributed by atoms with van der Waals surface area (Å²) in [5.74, 6) is 0.535. The van der Waals surface area contributed by atoms with Gasteiger partial charge in [-0.2, -0.15) is 0 Å². The van der Waals surface area contributed by atoms with Crippen LogP contribution in [0.3, 0.4) is 0 Å². The van der Waals surface area contributed by atoms with Gasteiger partial charge in [0.1, 0.15) is 9.84 Å². The molecule has 0 radical (unpaired) electrons. The van der Waals surface area contributed by atoms with E-state index in [9.17, 15) is 8.42 Å². The number of hydrogen-bond acceptors (Lipinski definition) is 5. The van der Waals surface area contributed by atoms with Gasteiger partial charge in [-0.05, 0) is 0 Å². The van der Waals surface area contributed by atoms with Crippen molar-refractivity contribution in [3.8, 4) is 0 Å². The molecule has 0 saturated heterocycles. The van der Waals surface area contributed by atoms with Crippen LogP contribution in [0.4, 0.5) is 0 Å². The molecule has 0 aliphatic carbocycles. The largest absolute Gasteiger partial charge is 0.425 e. The molecule has 0 aliphatic heterocycles. The van der Waals surface area contributed by atoms with Gasteiger partial charge in [0.25, 0.3) is 0 Å². The van der Waals surface area contributed by atoms with Crippen LogP contribution in [0.15, 0.2) is 0 Å². The summed E-state index contributed by atoms with van der Waals surface area (Å²) in [7, 11) is -5.77. The molecule has 0 rings (SSSR count). The van der Waals surface area contributed by atoms with E-state index < -0.39 is 20.4 Å². The summed E-state index contributed by atoms with van der Waals surface area (Å²) in [5.41, 5.74) is 0. The second-order valence-corrected chi connectivity index (χ2v) is 4.58. The maximum Gasteiger partial charge on any atom is 0.425 e. The quantitative estimate of drug-likeness (QED) is 0.599. The van der Waals surface area contributed by atoms with E-state index in [1.165, 1.54) is 0 Å². The maximum absolute atomic E-state index is 10.4. The first-order chi connectivity index (χ1) is 4.85. The van der Waals surface area contributed by atoms with Crippen molar-refractivity contribution >= 4 is 20.4 Å². The molecule has 0 fully saturated rings. The van der Waals surface area contributed by atoms with E-state index in [-0.39, 0.29) is 11.5 Å². The van der Waals surface area contributed by atoms with E-state index in [2.05, 4.69) is 0 Å². The van der Waals surface area contributed by atoms with Gasteiger partial charge in [-0.1, -0.05) is 13.8 Å². The molecule has 0 saturated carbocycles. The molecule has 68 valence electrons. The normalized spacial score (nSPS) is 9.64. The van der Waals surface area contributed by atoms with Crippen molar-refractivity contribution in [2.75, 3.05) is 11.5 Å². The van der Waals surface area contributed by atoms with Crippen LogP contribution in [0.25, 0.3) is 0 Å². The summed E-state index contributed by atoms with van der Waals surface area (Å²) in [6, 6.07) is 0. The highest BCUT2D eigenvalue weighted by molar-refractivity contribution is 7.91. The second kappa shape index (κ2) is 6.29. The smallest absolute Gasteiger partial charge is 0.229 e. The second-order valence-electron chi connectivity index (χ2n) is 1.53. The molecule has 0 aromatic heterocycles. The lowest BCUT2D eigenvalue weighted by Crippen LogP contribution is -2.04. The Labute approximate surface area is 67.4 Å². The molecule has 7 heteroatoms. The first kappa shape index (κ1) is 13.2. The van der Waals surface area contributed by atoms with Crippen LogP contribution in [0.5, 0.6) is 0 Å². The molecule has 0 spiro atoms. The van der Waals surface area contributed by atoms with E-state index in [1.54, 1.807) is 13.8 Å². The van der Waals surface area contributed by atoms with E-state index in [1.807, 2.05) is 0 Å². The molecule has 0 aliphatic rings. The van der Waals surface area contributed by atoms with Gasteiger partial charge in [-0.15, -0.1) is 12.6 Å². The molecule has 0 atom stereocenters. The van der Waals surface area contributed by atoms with Crippen molar-refractivity contribution in [2.24, 2.45) is 0 Å². The van der Waals surface area contributed by atoms with Crippen molar-refractivity contribution < 1.29 is 21.0 Å². The van der Waals surface area contributed by atoms with Crippen molar-refractivity contribution in [2.45, 2.75) is 13.8 Å². The molecule has 5 nitrogen and oxygen atoms in total. The van der Waals surface area contributed by atoms with E-state index in [4.69, 9.17) is 12.6 Å². The lowest BCUT2D eigenvalue weighted by atomic mass is 11.0. The Morgan fingerprint density at radius 3 is 1.18 bits per heavy atom. The average Bonchev–Trinajstić information content (AvgIpc) is 1.87. The Kier molecular flexibility index (Phi) is 7.54. The first-order valence-corrected chi connectivity index (χ1v) is 5.65. The third-order valence-electron chi connectivity index (χ3n) is 0.880. The highest BCUT2D eigenvalue weighted by Crippen LogP contribution is 1.84. The Balaban J connectivity index is 0. The fourth-order valence-electron chi connectivity index (χ4n) is 0.204. The van der Waals surface area contributed by atoms with E-state index in [0.29, 0.717) is 0 Å². The SMILES string of the molecule is CCS(=O)(=O)CC.O=S(=O)=O. The molecular formula is C4H10O5S2. The summed E-state index contributed by atoms with van der Waals surface area (Å²) in [6.07, 6.45) is 0. The predicted molar refractivity (Wildman–Crippen MR) is 39.7 cm³/mol. The highest BCUT2D eigenvalue weighted by Gasteiger charge is 1.99. The van der Waals surface area contributed by atoms with Crippen LogP contribution in [0.2, 0.25) is 0 Å². The zero-order valence-corrected chi connectivity index (χ0v) is 7.90. The van der Waals surface area contributed by atoms with Crippen LogP contribution in [-0.2, 0) is 20.4 Å². The Hall–Kier alpha value is -0.430. The van der Waals surface area contributed by atoms with E-state index >= 15 is 0 Å². The van der Waals surface area contributed by atoms with Crippen molar-refractivity contribution in [1.82, 2.24) is 0 Å². The number of rotatable bonds is 2. The zero-order chi connectivity index (χ0) is 9.49. The molecular weight excluding hydrogens is 192 g/mol. The van der Waals surface area contributed by atoms with Gasteiger partial charge < -0.3 is 0 Å². The van der Waals surface area contributed by atoms with Crippen LogP contribution < -0.4 is 0 Å². The Morgan fingerprint density at radius 2 is 1.18 bits per heavy atom. The van der Waals surface area contributed by atoms with Crippen LogP contribution in [0.1, 0.15) is 13.8 Å². The molecule has 0 amide bonds. The first-order valence-electron chi connectivity index (χ1n) is 2.82.